The summed E-state index contributed by atoms with van der Waals surface area (Å²) in [4.78, 5) is 57.6. The van der Waals surface area contributed by atoms with Crippen LogP contribution in [-0.4, -0.2) is 97.1 Å². The van der Waals surface area contributed by atoms with Gasteiger partial charge in [0.15, 0.2) is 16.7 Å². The number of amides is 2. The highest BCUT2D eigenvalue weighted by molar-refractivity contribution is 14.1. The van der Waals surface area contributed by atoms with E-state index in [2.05, 4.69) is 53.1 Å². The number of aryl methyl sites for hydroxylation is 1. The molecule has 216 valence electrons. The Morgan fingerprint density at radius 3 is 2.85 bits per heavy atom. The first kappa shape index (κ1) is 29.5. The van der Waals surface area contributed by atoms with Crippen LogP contribution in [0.1, 0.15) is 17.2 Å². The van der Waals surface area contributed by atoms with E-state index in [1.54, 1.807) is 18.4 Å². The molecule has 5 rings (SSSR count). The highest BCUT2D eigenvalue weighted by Crippen LogP contribution is 2.41. The number of hydrogen-bond acceptors (Lipinski definition) is 14. The molecule has 15 nitrogen and oxygen atoms in total. The number of aliphatic carboxylic acids is 1. The molecule has 0 unspecified atom stereocenters. The molecule has 41 heavy (non-hydrogen) atoms. The number of halogens is 1. The Hall–Kier alpha value is -3.01. The van der Waals surface area contributed by atoms with Gasteiger partial charge in [-0.15, -0.1) is 40.0 Å². The number of nitrogens with one attached hydrogen (secondary N) is 1. The minimum Gasteiger partial charge on any atom is -0.477 e. The average Bonchev–Trinajstić information content (AvgIpc) is 3.57. The van der Waals surface area contributed by atoms with Gasteiger partial charge in [0.05, 0.1) is 0 Å². The Bertz CT molecular complexity index is 1590. The van der Waals surface area contributed by atoms with E-state index in [4.69, 9.17) is 10.6 Å². The van der Waals surface area contributed by atoms with Gasteiger partial charge < -0.3 is 26.1 Å². The van der Waals surface area contributed by atoms with Gasteiger partial charge in [-0.2, -0.15) is 9.50 Å². The average molecular weight is 732 g/mol. The molecule has 3 aromatic heterocycles. The zero-order valence-corrected chi connectivity index (χ0v) is 25.8. The number of alkyl halides is 1. The van der Waals surface area contributed by atoms with Gasteiger partial charge in [-0.25, -0.2) is 14.8 Å². The Balaban J connectivity index is 1.33. The maximum Gasteiger partial charge on any atom is 0.352 e. The van der Waals surface area contributed by atoms with Crippen molar-refractivity contribution in [2.24, 2.45) is 5.16 Å². The van der Waals surface area contributed by atoms with E-state index >= 15 is 0 Å². The molecule has 5 N–H and O–H groups in total. The number of rotatable bonds is 11. The van der Waals surface area contributed by atoms with Gasteiger partial charge in [0.1, 0.15) is 41.0 Å². The molecule has 1 saturated heterocycles. The van der Waals surface area contributed by atoms with Crippen LogP contribution in [0.25, 0.3) is 5.78 Å². The summed E-state index contributed by atoms with van der Waals surface area (Å²) < 4.78 is 2.13. The third kappa shape index (κ3) is 5.98. The second kappa shape index (κ2) is 12.5. The smallest absolute Gasteiger partial charge is 0.352 e. The van der Waals surface area contributed by atoms with E-state index in [-0.39, 0.29) is 47.0 Å². The number of nitrogens with two attached hydrogens (primary N) is 1. The molecule has 19 heteroatoms. The van der Waals surface area contributed by atoms with Crippen LogP contribution in [0.15, 0.2) is 32.9 Å². The summed E-state index contributed by atoms with van der Waals surface area (Å²) in [5.74, 6) is -1.36. The van der Waals surface area contributed by atoms with Crippen LogP contribution in [-0.2, 0) is 25.8 Å². The van der Waals surface area contributed by atoms with Crippen molar-refractivity contribution in [2.75, 3.05) is 28.3 Å². The summed E-state index contributed by atoms with van der Waals surface area (Å²) in [6.07, 6.45) is 0. The quantitative estimate of drug-likeness (QED) is 0.0313. The van der Waals surface area contributed by atoms with Crippen LogP contribution >= 0.6 is 57.5 Å². The number of anilines is 1. The van der Waals surface area contributed by atoms with E-state index < -0.39 is 29.2 Å². The van der Waals surface area contributed by atoms with Crippen LogP contribution in [0.2, 0.25) is 0 Å². The molecule has 0 aliphatic carbocycles. The standard InChI is InChI=1S/C22H22IN9O6S3/c1-9-4-13(32-22(25-9)27-12(5-33)29-32)39-6-10-7-40-19-15(18(35)31(19)16(10)20(36)37)28-17(34)14(30-38-3-2-23)11-8-41-21(24)26-11/h4,8,15,19,33H,2-3,5-7H2,1H3,(H2,24,26)(H,28,34)(H,36,37)/t15-,19-/m1/s1. The van der Waals surface area contributed by atoms with Crippen molar-refractivity contribution >= 4 is 91.9 Å². The van der Waals surface area contributed by atoms with Gasteiger partial charge in [-0.1, -0.05) is 27.7 Å². The maximum absolute atomic E-state index is 13.2. The lowest BCUT2D eigenvalue weighted by Crippen LogP contribution is -2.71. The number of β-lactam (4-membered cyclic amide) rings is 1. The number of carbonyl (C=O) groups is 3. The van der Waals surface area contributed by atoms with Crippen LogP contribution in [0.4, 0.5) is 5.13 Å². The Morgan fingerprint density at radius 2 is 2.17 bits per heavy atom. The summed E-state index contributed by atoms with van der Waals surface area (Å²) in [6, 6.07) is 0.823. The first-order valence-corrected chi connectivity index (χ1v) is 16.3. The molecule has 2 aliphatic heterocycles. The van der Waals surface area contributed by atoms with E-state index in [9.17, 15) is 24.6 Å². The number of carboxylic acid groups (broad SMARTS) is 1. The summed E-state index contributed by atoms with van der Waals surface area (Å²) >= 11 is 5.90. The van der Waals surface area contributed by atoms with E-state index in [0.29, 0.717) is 32.3 Å². The summed E-state index contributed by atoms with van der Waals surface area (Å²) in [6.45, 7) is 1.72. The zero-order chi connectivity index (χ0) is 29.3. The fourth-order valence-corrected chi connectivity index (χ4v) is 7.36. The van der Waals surface area contributed by atoms with Crippen molar-refractivity contribution in [2.45, 2.75) is 30.0 Å². The minimum absolute atomic E-state index is 0.111. The van der Waals surface area contributed by atoms with Crippen LogP contribution in [0, 0.1) is 6.92 Å². The molecule has 3 aromatic rings. The lowest BCUT2D eigenvalue weighted by Gasteiger charge is -2.49. The number of carboxylic acids is 1. The molecule has 1 fully saturated rings. The van der Waals surface area contributed by atoms with Gasteiger partial charge in [-0.3, -0.25) is 14.5 Å². The van der Waals surface area contributed by atoms with Gasteiger partial charge in [0.2, 0.25) is 0 Å². The molecule has 0 saturated carbocycles. The third-order valence-corrected chi connectivity index (χ3v) is 9.36. The fraction of sp³-hybridized carbons (Fsp3) is 0.364. The molecule has 0 aromatic carbocycles. The first-order chi connectivity index (χ1) is 19.7. The second-order valence-electron chi connectivity index (χ2n) is 8.57. The molecule has 2 atom stereocenters. The predicted octanol–water partition coefficient (Wildman–Crippen LogP) is 0.650. The molecule has 5 heterocycles. The number of hydrogen-bond donors (Lipinski definition) is 4. The molecular formula is C22H22IN9O6S3. The van der Waals surface area contributed by atoms with E-state index in [1.807, 2.05) is 0 Å². The molecule has 0 spiro atoms. The summed E-state index contributed by atoms with van der Waals surface area (Å²) in [5, 5.41) is 32.1. The number of thioether (sulfide) groups is 2. The number of aromatic nitrogens is 5. The monoisotopic (exact) mass is 731 g/mol. The predicted molar refractivity (Wildman–Crippen MR) is 160 cm³/mol. The number of oxime groups is 1. The normalized spacial score (nSPS) is 18.9. The minimum atomic E-state index is -1.24. The van der Waals surface area contributed by atoms with Crippen LogP contribution in [0.5, 0.6) is 0 Å². The van der Waals surface area contributed by atoms with Crippen molar-refractivity contribution in [1.82, 2.24) is 34.8 Å². The highest BCUT2D eigenvalue weighted by Gasteiger charge is 2.54. The SMILES string of the molecule is Cc1cc(SCC2=C(C(=O)O)N3C(=O)[C@@H](NC(=O)C(=NOCCI)c4csc(N)n4)[C@H]3SC2)n2nc(CO)nc2n1. The van der Waals surface area contributed by atoms with Crippen LogP contribution in [0.3, 0.4) is 0 Å². The number of nitrogens with zero attached hydrogens (tertiary/aromatic N) is 7. The number of thiazole rings is 1. The highest BCUT2D eigenvalue weighted by atomic mass is 127. The Labute approximate surface area is 258 Å². The number of nitrogen functional groups attached to an aromatic ring is 1. The largest absolute Gasteiger partial charge is 0.477 e. The number of fused-ring (bicyclic) bond motifs is 2. The zero-order valence-electron chi connectivity index (χ0n) is 21.2. The molecule has 0 radical (unpaired) electrons. The van der Waals surface area contributed by atoms with Crippen molar-refractivity contribution in [1.29, 1.82) is 0 Å². The fourth-order valence-electron chi connectivity index (χ4n) is 4.08. The van der Waals surface area contributed by atoms with Crippen molar-refractivity contribution < 1.29 is 29.4 Å². The van der Waals surface area contributed by atoms with Gasteiger partial charge in [0, 0.05) is 27.0 Å². The second-order valence-corrected chi connectivity index (χ2v) is 12.6. The van der Waals surface area contributed by atoms with Crippen molar-refractivity contribution in [3.05, 3.63) is 39.9 Å². The Kier molecular flexibility index (Phi) is 8.97. The molecule has 0 bridgehead atoms. The summed E-state index contributed by atoms with van der Waals surface area (Å²) in [7, 11) is 0. The Morgan fingerprint density at radius 1 is 1.37 bits per heavy atom. The van der Waals surface area contributed by atoms with Gasteiger partial charge in [-0.05, 0) is 18.6 Å². The number of carbonyl (C=O) groups excluding carboxylic acids is 2. The molecular weight excluding hydrogens is 709 g/mol. The van der Waals surface area contributed by atoms with E-state index in [1.165, 1.54) is 32.9 Å². The van der Waals surface area contributed by atoms with Gasteiger partial charge in [0.25, 0.3) is 17.6 Å². The van der Waals surface area contributed by atoms with Crippen molar-refractivity contribution in [3.63, 3.8) is 0 Å². The first-order valence-electron chi connectivity index (χ1n) is 11.9. The lowest BCUT2D eigenvalue weighted by atomic mass is 10.0. The van der Waals surface area contributed by atoms with Crippen molar-refractivity contribution in [3.8, 4) is 0 Å². The topological polar surface area (TPSA) is 211 Å². The number of aliphatic hydroxyl groups is 1. The van der Waals surface area contributed by atoms with Gasteiger partial charge >= 0.3 is 5.97 Å². The van der Waals surface area contributed by atoms with Crippen LogP contribution < -0.4 is 11.1 Å². The maximum atomic E-state index is 13.2. The van der Waals surface area contributed by atoms with E-state index in [0.717, 1.165) is 11.3 Å². The molecule has 2 aliphatic rings. The summed E-state index contributed by atoms with van der Waals surface area (Å²) in [5.41, 5.74) is 6.91. The molecule has 2 amide bonds. The lowest BCUT2D eigenvalue weighted by molar-refractivity contribution is -0.150. The third-order valence-electron chi connectivity index (χ3n) is 5.83. The number of aliphatic hydroxyl groups excluding tert-OH is 1.